The van der Waals surface area contributed by atoms with E-state index in [4.69, 9.17) is 11.6 Å². The van der Waals surface area contributed by atoms with Crippen molar-refractivity contribution < 1.29 is 0 Å². The van der Waals surface area contributed by atoms with Crippen molar-refractivity contribution in [2.75, 3.05) is 5.32 Å². The highest BCUT2D eigenvalue weighted by atomic mass is 35.5. The summed E-state index contributed by atoms with van der Waals surface area (Å²) >= 11 is 6.25. The Labute approximate surface area is 164 Å². The van der Waals surface area contributed by atoms with Crippen LogP contribution in [0.4, 0.5) is 5.82 Å². The van der Waals surface area contributed by atoms with Crippen LogP contribution in [-0.2, 0) is 0 Å². The van der Waals surface area contributed by atoms with E-state index in [1.807, 2.05) is 50.4 Å². The van der Waals surface area contributed by atoms with Gasteiger partial charge in [-0.15, -0.1) is 0 Å². The average molecular weight is 374 g/mol. The summed E-state index contributed by atoms with van der Waals surface area (Å²) in [5.41, 5.74) is 5.27. The molecule has 0 aliphatic carbocycles. The van der Waals surface area contributed by atoms with Gasteiger partial charge in [0.2, 0.25) is 0 Å². The van der Waals surface area contributed by atoms with Crippen molar-refractivity contribution in [3.63, 3.8) is 0 Å². The van der Waals surface area contributed by atoms with Crippen molar-refractivity contribution >= 4 is 28.3 Å². The smallest absolute Gasteiger partial charge is 0.126 e. The molecule has 4 rings (SSSR count). The summed E-state index contributed by atoms with van der Waals surface area (Å²) in [5, 5.41) is 5.48. The molecule has 2 aromatic heterocycles. The third-order valence-corrected chi connectivity index (χ3v) is 5.08. The molecule has 0 fully saturated rings. The van der Waals surface area contributed by atoms with Gasteiger partial charge in [0.25, 0.3) is 0 Å². The van der Waals surface area contributed by atoms with Crippen LogP contribution in [0.3, 0.4) is 0 Å². The fraction of sp³-hybridized carbons (Fsp3) is 0.130. The molecule has 0 spiro atoms. The maximum Gasteiger partial charge on any atom is 0.126 e. The van der Waals surface area contributed by atoms with Crippen LogP contribution in [0.15, 0.2) is 72.9 Å². The van der Waals surface area contributed by atoms with E-state index in [9.17, 15) is 0 Å². The Bertz CT molecular complexity index is 1110. The van der Waals surface area contributed by atoms with E-state index in [1.165, 1.54) is 0 Å². The highest BCUT2D eigenvalue weighted by Crippen LogP contribution is 2.30. The van der Waals surface area contributed by atoms with Crippen molar-refractivity contribution in [1.82, 2.24) is 9.97 Å². The van der Waals surface area contributed by atoms with Crippen molar-refractivity contribution in [3.8, 4) is 0 Å². The number of anilines is 1. The summed E-state index contributed by atoms with van der Waals surface area (Å²) in [4.78, 5) is 9.12. The lowest BCUT2D eigenvalue weighted by atomic mass is 9.96. The van der Waals surface area contributed by atoms with E-state index >= 15 is 0 Å². The van der Waals surface area contributed by atoms with Gasteiger partial charge in [-0.05, 0) is 60.9 Å². The first-order chi connectivity index (χ1) is 13.1. The number of hydrogen-bond acceptors (Lipinski definition) is 3. The SMILES string of the molecule is Cc1cccc(NC(c2ccc(Cl)c(C)c2)c2ccc3cccnc3c2)n1. The number of hydrogen-bond donors (Lipinski definition) is 1. The molecule has 27 heavy (non-hydrogen) atoms. The predicted octanol–water partition coefficient (Wildman–Crippen LogP) is 6.10. The van der Waals surface area contributed by atoms with E-state index in [-0.39, 0.29) is 6.04 Å². The van der Waals surface area contributed by atoms with Crippen LogP contribution in [0.2, 0.25) is 5.02 Å². The van der Waals surface area contributed by atoms with Gasteiger partial charge in [0, 0.05) is 22.3 Å². The molecule has 0 radical (unpaired) electrons. The number of pyridine rings is 2. The lowest BCUT2D eigenvalue weighted by molar-refractivity contribution is 0.922. The van der Waals surface area contributed by atoms with Crippen molar-refractivity contribution in [2.45, 2.75) is 19.9 Å². The third kappa shape index (κ3) is 3.79. The number of halogens is 1. The summed E-state index contributed by atoms with van der Waals surface area (Å²) in [5.74, 6) is 0.841. The number of fused-ring (bicyclic) bond motifs is 1. The van der Waals surface area contributed by atoms with Gasteiger partial charge in [-0.1, -0.05) is 48.0 Å². The normalized spacial score (nSPS) is 12.1. The van der Waals surface area contributed by atoms with Crippen molar-refractivity contribution in [2.24, 2.45) is 0 Å². The molecule has 2 aromatic carbocycles. The summed E-state index contributed by atoms with van der Waals surface area (Å²) in [6, 6.07) is 22.5. The fourth-order valence-electron chi connectivity index (χ4n) is 3.24. The zero-order valence-corrected chi connectivity index (χ0v) is 16.0. The first kappa shape index (κ1) is 17.5. The average Bonchev–Trinajstić information content (AvgIpc) is 2.68. The van der Waals surface area contributed by atoms with Crippen LogP contribution in [-0.4, -0.2) is 9.97 Å². The summed E-state index contributed by atoms with van der Waals surface area (Å²) < 4.78 is 0. The summed E-state index contributed by atoms with van der Waals surface area (Å²) in [7, 11) is 0. The molecule has 1 atom stereocenters. The third-order valence-electron chi connectivity index (χ3n) is 4.66. The molecule has 134 valence electrons. The van der Waals surface area contributed by atoms with Crippen molar-refractivity contribution in [3.05, 3.63) is 100 Å². The fourth-order valence-corrected chi connectivity index (χ4v) is 3.36. The van der Waals surface area contributed by atoms with Crippen LogP contribution in [0.5, 0.6) is 0 Å². The quantitative estimate of drug-likeness (QED) is 0.469. The molecule has 4 aromatic rings. The maximum absolute atomic E-state index is 6.25. The first-order valence-electron chi connectivity index (χ1n) is 8.91. The van der Waals surface area contributed by atoms with E-state index in [2.05, 4.69) is 51.7 Å². The standard InChI is InChI=1S/C23H20ClN3/c1-15-13-18(10-11-20(15)24)23(27-22-7-3-5-16(2)26-22)19-9-8-17-6-4-12-25-21(17)14-19/h3-14,23H,1-2H3,(H,26,27). The minimum atomic E-state index is -0.0540. The number of aromatic nitrogens is 2. The van der Waals surface area contributed by atoms with E-state index in [0.29, 0.717) is 0 Å². The molecular formula is C23H20ClN3. The highest BCUT2D eigenvalue weighted by molar-refractivity contribution is 6.31. The highest BCUT2D eigenvalue weighted by Gasteiger charge is 2.16. The second kappa shape index (κ2) is 7.37. The Morgan fingerprint density at radius 1 is 0.889 bits per heavy atom. The van der Waals surface area contributed by atoms with Gasteiger partial charge >= 0.3 is 0 Å². The molecule has 2 heterocycles. The topological polar surface area (TPSA) is 37.8 Å². The number of rotatable bonds is 4. The van der Waals surface area contributed by atoms with Crippen LogP contribution >= 0.6 is 11.6 Å². The number of aryl methyl sites for hydroxylation is 2. The molecule has 1 N–H and O–H groups in total. The monoisotopic (exact) mass is 373 g/mol. The Morgan fingerprint density at radius 3 is 2.52 bits per heavy atom. The molecule has 0 saturated carbocycles. The Hall–Kier alpha value is -2.91. The number of nitrogens with zero attached hydrogens (tertiary/aromatic N) is 2. The van der Waals surface area contributed by atoms with Crippen LogP contribution in [0.25, 0.3) is 10.9 Å². The molecule has 0 aliphatic heterocycles. The Balaban J connectivity index is 1.81. The zero-order chi connectivity index (χ0) is 18.8. The molecule has 0 aliphatic rings. The molecular weight excluding hydrogens is 354 g/mol. The number of nitrogens with one attached hydrogen (secondary N) is 1. The lowest BCUT2D eigenvalue weighted by Gasteiger charge is -2.22. The van der Waals surface area contributed by atoms with Crippen LogP contribution in [0.1, 0.15) is 28.4 Å². The lowest BCUT2D eigenvalue weighted by Crippen LogP contribution is -2.14. The minimum Gasteiger partial charge on any atom is -0.359 e. The largest absolute Gasteiger partial charge is 0.359 e. The van der Waals surface area contributed by atoms with Gasteiger partial charge in [-0.3, -0.25) is 4.98 Å². The van der Waals surface area contributed by atoms with Gasteiger partial charge in [0.05, 0.1) is 11.6 Å². The van der Waals surface area contributed by atoms with E-state index in [1.54, 1.807) is 0 Å². The van der Waals surface area contributed by atoms with Gasteiger partial charge in [0.15, 0.2) is 0 Å². The molecule has 0 saturated heterocycles. The predicted molar refractivity (Wildman–Crippen MR) is 112 cm³/mol. The first-order valence-corrected chi connectivity index (χ1v) is 9.29. The molecule has 1 unspecified atom stereocenters. The molecule has 0 bridgehead atoms. The van der Waals surface area contributed by atoms with Gasteiger partial charge in [-0.25, -0.2) is 4.98 Å². The van der Waals surface area contributed by atoms with Gasteiger partial charge in [0.1, 0.15) is 5.82 Å². The molecule has 3 nitrogen and oxygen atoms in total. The summed E-state index contributed by atoms with van der Waals surface area (Å²) in [6.07, 6.45) is 1.82. The maximum atomic E-state index is 6.25. The zero-order valence-electron chi connectivity index (χ0n) is 15.3. The Kier molecular flexibility index (Phi) is 4.78. The second-order valence-electron chi connectivity index (χ2n) is 6.71. The molecule has 4 heteroatoms. The van der Waals surface area contributed by atoms with Gasteiger partial charge < -0.3 is 5.32 Å². The van der Waals surface area contributed by atoms with Crippen LogP contribution < -0.4 is 5.32 Å². The van der Waals surface area contributed by atoms with Crippen molar-refractivity contribution in [1.29, 1.82) is 0 Å². The Morgan fingerprint density at radius 2 is 1.70 bits per heavy atom. The minimum absolute atomic E-state index is 0.0540. The summed E-state index contributed by atoms with van der Waals surface area (Å²) in [6.45, 7) is 4.02. The number of benzene rings is 2. The van der Waals surface area contributed by atoms with Crippen LogP contribution in [0, 0.1) is 13.8 Å². The van der Waals surface area contributed by atoms with E-state index < -0.39 is 0 Å². The van der Waals surface area contributed by atoms with Gasteiger partial charge in [-0.2, -0.15) is 0 Å². The second-order valence-corrected chi connectivity index (χ2v) is 7.11. The van der Waals surface area contributed by atoms with E-state index in [0.717, 1.165) is 44.1 Å². The molecule has 0 amide bonds.